The Morgan fingerprint density at radius 3 is 2.29 bits per heavy atom. The molecule has 2 amide bonds. The van der Waals surface area contributed by atoms with Crippen LogP contribution >= 0.6 is 0 Å². The van der Waals surface area contributed by atoms with E-state index in [2.05, 4.69) is 4.90 Å². The number of hydrogen-bond acceptors (Lipinski definition) is 5. The van der Waals surface area contributed by atoms with Gasteiger partial charge in [-0.3, -0.25) is 9.59 Å². The average Bonchev–Trinajstić information content (AvgIpc) is 2.73. The van der Waals surface area contributed by atoms with Crippen LogP contribution < -0.4 is 20.1 Å². The summed E-state index contributed by atoms with van der Waals surface area (Å²) in [6.45, 7) is 5.17. The van der Waals surface area contributed by atoms with E-state index < -0.39 is 5.91 Å². The van der Waals surface area contributed by atoms with Crippen molar-refractivity contribution >= 4 is 17.5 Å². The van der Waals surface area contributed by atoms with Crippen molar-refractivity contribution < 1.29 is 19.1 Å². The molecular formula is C21H25N3O4. The Labute approximate surface area is 164 Å². The summed E-state index contributed by atoms with van der Waals surface area (Å²) in [6, 6.07) is 14.7. The van der Waals surface area contributed by atoms with Gasteiger partial charge in [0.1, 0.15) is 11.5 Å². The molecule has 1 aliphatic rings. The van der Waals surface area contributed by atoms with Crippen molar-refractivity contribution in [2.45, 2.75) is 6.92 Å². The molecule has 0 unspecified atom stereocenters. The Morgan fingerprint density at radius 1 is 0.964 bits per heavy atom. The van der Waals surface area contributed by atoms with Gasteiger partial charge in [-0.05, 0) is 43.3 Å². The van der Waals surface area contributed by atoms with E-state index in [1.54, 1.807) is 24.3 Å². The second-order valence-corrected chi connectivity index (χ2v) is 6.46. The van der Waals surface area contributed by atoms with Crippen LogP contribution in [0.4, 0.5) is 5.69 Å². The minimum Gasteiger partial charge on any atom is -0.492 e. The van der Waals surface area contributed by atoms with E-state index in [0.717, 1.165) is 24.5 Å². The SMILES string of the molecule is CCOc1ccccc1N1CCN(C(=O)c2ccc(OCC(N)=O)cc2)CC1. The fourth-order valence-electron chi connectivity index (χ4n) is 3.18. The first kappa shape index (κ1) is 19.5. The van der Waals surface area contributed by atoms with Gasteiger partial charge in [-0.2, -0.15) is 0 Å². The van der Waals surface area contributed by atoms with Crippen LogP contribution in [0.3, 0.4) is 0 Å². The molecule has 2 aromatic carbocycles. The average molecular weight is 383 g/mol. The maximum Gasteiger partial charge on any atom is 0.255 e. The summed E-state index contributed by atoms with van der Waals surface area (Å²) < 4.78 is 10.9. The number of anilines is 1. The molecule has 148 valence electrons. The monoisotopic (exact) mass is 383 g/mol. The molecule has 7 heteroatoms. The van der Waals surface area contributed by atoms with Gasteiger partial charge in [-0.15, -0.1) is 0 Å². The lowest BCUT2D eigenvalue weighted by Crippen LogP contribution is -2.48. The number of amides is 2. The van der Waals surface area contributed by atoms with Crippen LogP contribution in [-0.4, -0.2) is 56.1 Å². The van der Waals surface area contributed by atoms with E-state index in [4.69, 9.17) is 15.2 Å². The van der Waals surface area contributed by atoms with Crippen LogP contribution in [0.5, 0.6) is 11.5 Å². The third-order valence-corrected chi connectivity index (χ3v) is 4.56. The van der Waals surface area contributed by atoms with E-state index in [9.17, 15) is 9.59 Å². The minimum atomic E-state index is -0.538. The molecule has 0 bridgehead atoms. The third kappa shape index (κ3) is 4.73. The number of benzene rings is 2. The molecule has 3 rings (SSSR count). The zero-order chi connectivity index (χ0) is 19.9. The maximum atomic E-state index is 12.8. The van der Waals surface area contributed by atoms with Crippen LogP contribution in [0.1, 0.15) is 17.3 Å². The van der Waals surface area contributed by atoms with Crippen molar-refractivity contribution in [2.24, 2.45) is 5.73 Å². The Morgan fingerprint density at radius 2 is 1.64 bits per heavy atom. The summed E-state index contributed by atoms with van der Waals surface area (Å²) >= 11 is 0. The Hall–Kier alpha value is -3.22. The van der Waals surface area contributed by atoms with Crippen LogP contribution in [0.25, 0.3) is 0 Å². The molecule has 0 aromatic heterocycles. The number of carbonyl (C=O) groups excluding carboxylic acids is 2. The molecular weight excluding hydrogens is 358 g/mol. The number of para-hydroxylation sites is 2. The van der Waals surface area contributed by atoms with Crippen LogP contribution in [0, 0.1) is 0 Å². The molecule has 1 saturated heterocycles. The molecule has 0 spiro atoms. The summed E-state index contributed by atoms with van der Waals surface area (Å²) in [5, 5.41) is 0. The second kappa shape index (κ2) is 9.12. The number of primary amides is 1. The molecule has 7 nitrogen and oxygen atoms in total. The number of piperazine rings is 1. The molecule has 28 heavy (non-hydrogen) atoms. The molecule has 0 aliphatic carbocycles. The fourth-order valence-corrected chi connectivity index (χ4v) is 3.18. The Kier molecular flexibility index (Phi) is 6.37. The van der Waals surface area contributed by atoms with Gasteiger partial charge < -0.3 is 25.0 Å². The topological polar surface area (TPSA) is 85.1 Å². The molecule has 0 saturated carbocycles. The highest BCUT2D eigenvalue weighted by molar-refractivity contribution is 5.94. The first-order valence-electron chi connectivity index (χ1n) is 9.35. The summed E-state index contributed by atoms with van der Waals surface area (Å²) in [7, 11) is 0. The van der Waals surface area contributed by atoms with Crippen molar-refractivity contribution in [3.8, 4) is 11.5 Å². The quantitative estimate of drug-likeness (QED) is 0.789. The molecule has 1 fully saturated rings. The lowest BCUT2D eigenvalue weighted by Gasteiger charge is -2.36. The maximum absolute atomic E-state index is 12.8. The summed E-state index contributed by atoms with van der Waals surface area (Å²) in [4.78, 5) is 27.6. The zero-order valence-electron chi connectivity index (χ0n) is 16.0. The predicted octanol–water partition coefficient (Wildman–Crippen LogP) is 1.91. The standard InChI is InChI=1S/C21H25N3O4/c1-2-27-19-6-4-3-5-18(19)23-11-13-24(14-12-23)21(26)16-7-9-17(10-8-16)28-15-20(22)25/h3-10H,2,11-15H2,1H3,(H2,22,25). The van der Waals surface area contributed by atoms with Crippen molar-refractivity contribution in [3.63, 3.8) is 0 Å². The summed E-state index contributed by atoms with van der Waals surface area (Å²) in [6.07, 6.45) is 0. The van der Waals surface area contributed by atoms with E-state index in [1.807, 2.05) is 36.1 Å². The Bertz CT molecular complexity index is 815. The van der Waals surface area contributed by atoms with Gasteiger partial charge in [0, 0.05) is 31.7 Å². The number of rotatable bonds is 7. The lowest BCUT2D eigenvalue weighted by atomic mass is 10.1. The normalized spacial score (nSPS) is 13.9. The number of carbonyl (C=O) groups is 2. The minimum absolute atomic E-state index is 0.0146. The molecule has 0 atom stereocenters. The van der Waals surface area contributed by atoms with E-state index in [1.165, 1.54) is 0 Å². The van der Waals surface area contributed by atoms with Crippen LogP contribution in [0.15, 0.2) is 48.5 Å². The largest absolute Gasteiger partial charge is 0.492 e. The summed E-state index contributed by atoms with van der Waals surface area (Å²) in [5.74, 6) is 0.826. The molecule has 0 radical (unpaired) electrons. The van der Waals surface area contributed by atoms with Gasteiger partial charge in [0.2, 0.25) is 0 Å². The lowest BCUT2D eigenvalue weighted by molar-refractivity contribution is -0.119. The summed E-state index contributed by atoms with van der Waals surface area (Å²) in [5.41, 5.74) is 6.71. The van der Waals surface area contributed by atoms with E-state index >= 15 is 0 Å². The van der Waals surface area contributed by atoms with Crippen molar-refractivity contribution in [3.05, 3.63) is 54.1 Å². The highest BCUT2D eigenvalue weighted by Crippen LogP contribution is 2.29. The molecule has 1 heterocycles. The van der Waals surface area contributed by atoms with Crippen LogP contribution in [-0.2, 0) is 4.79 Å². The smallest absolute Gasteiger partial charge is 0.255 e. The second-order valence-electron chi connectivity index (χ2n) is 6.46. The van der Waals surface area contributed by atoms with Gasteiger partial charge >= 0.3 is 0 Å². The van der Waals surface area contributed by atoms with E-state index in [0.29, 0.717) is 31.0 Å². The third-order valence-electron chi connectivity index (χ3n) is 4.56. The van der Waals surface area contributed by atoms with Gasteiger partial charge in [-0.25, -0.2) is 0 Å². The number of nitrogens with zero attached hydrogens (tertiary/aromatic N) is 2. The first-order chi connectivity index (χ1) is 13.6. The predicted molar refractivity (Wildman–Crippen MR) is 107 cm³/mol. The first-order valence-corrected chi connectivity index (χ1v) is 9.35. The van der Waals surface area contributed by atoms with E-state index in [-0.39, 0.29) is 12.5 Å². The number of hydrogen-bond donors (Lipinski definition) is 1. The number of ether oxygens (including phenoxy) is 2. The molecule has 1 aliphatic heterocycles. The van der Waals surface area contributed by atoms with Gasteiger partial charge in [0.25, 0.3) is 11.8 Å². The molecule has 2 N–H and O–H groups in total. The van der Waals surface area contributed by atoms with Crippen molar-refractivity contribution in [1.82, 2.24) is 4.90 Å². The Balaban J connectivity index is 1.59. The highest BCUT2D eigenvalue weighted by Gasteiger charge is 2.23. The van der Waals surface area contributed by atoms with Crippen molar-refractivity contribution in [2.75, 3.05) is 44.3 Å². The fraction of sp³-hybridized carbons (Fsp3) is 0.333. The van der Waals surface area contributed by atoms with Gasteiger partial charge in [-0.1, -0.05) is 12.1 Å². The van der Waals surface area contributed by atoms with Crippen LogP contribution in [0.2, 0.25) is 0 Å². The zero-order valence-corrected chi connectivity index (χ0v) is 16.0. The van der Waals surface area contributed by atoms with Gasteiger partial charge in [0.05, 0.1) is 12.3 Å². The number of nitrogens with two attached hydrogens (primary N) is 1. The molecule has 2 aromatic rings. The van der Waals surface area contributed by atoms with Gasteiger partial charge in [0.15, 0.2) is 6.61 Å². The highest BCUT2D eigenvalue weighted by atomic mass is 16.5. The van der Waals surface area contributed by atoms with Crippen molar-refractivity contribution in [1.29, 1.82) is 0 Å².